The molecule has 1 saturated heterocycles. The van der Waals surface area contributed by atoms with Crippen molar-refractivity contribution in [2.24, 2.45) is 0 Å². The first kappa shape index (κ1) is 30.9. The average Bonchev–Trinajstić information content (AvgIpc) is 3.18. The second-order valence-electron chi connectivity index (χ2n) is 11.0. The summed E-state index contributed by atoms with van der Waals surface area (Å²) in [6.07, 6.45) is 17.7. The molecule has 1 heterocycles. The van der Waals surface area contributed by atoms with Gasteiger partial charge in [-0.2, -0.15) is 0 Å². The SMILES string of the molecule is CCCCCCCCCCCCCCCCN1C(=O)C(=O)/C(=C(\O)c2ccc(C)cc2)C1c1ccc(Cl)cc1. The monoisotopic (exact) mass is 551 g/mol. The predicted octanol–water partition coefficient (Wildman–Crippen LogP) is 9.55. The zero-order valence-electron chi connectivity index (χ0n) is 23.9. The van der Waals surface area contributed by atoms with Gasteiger partial charge in [0, 0.05) is 17.1 Å². The van der Waals surface area contributed by atoms with E-state index in [1.807, 2.05) is 31.2 Å². The van der Waals surface area contributed by atoms with E-state index < -0.39 is 17.7 Å². The van der Waals surface area contributed by atoms with E-state index in [2.05, 4.69) is 6.92 Å². The van der Waals surface area contributed by atoms with Crippen molar-refractivity contribution in [3.8, 4) is 0 Å². The molecule has 5 heteroatoms. The third-order valence-corrected chi connectivity index (χ3v) is 8.06. The quantitative estimate of drug-likeness (QED) is 0.0921. The molecule has 2 aromatic rings. The number of ketones is 1. The fourth-order valence-corrected chi connectivity index (χ4v) is 5.57. The number of carbonyl (C=O) groups excluding carboxylic acids is 2. The van der Waals surface area contributed by atoms with Crippen molar-refractivity contribution >= 4 is 29.1 Å². The van der Waals surface area contributed by atoms with Crippen LogP contribution >= 0.6 is 11.6 Å². The molecule has 1 amide bonds. The molecular formula is C34H46ClNO3. The van der Waals surface area contributed by atoms with E-state index in [9.17, 15) is 14.7 Å². The van der Waals surface area contributed by atoms with Gasteiger partial charge in [-0.3, -0.25) is 9.59 Å². The van der Waals surface area contributed by atoms with Gasteiger partial charge in [0.1, 0.15) is 5.76 Å². The Morgan fingerprint density at radius 1 is 0.744 bits per heavy atom. The van der Waals surface area contributed by atoms with Gasteiger partial charge in [0.15, 0.2) is 0 Å². The number of carbonyl (C=O) groups is 2. The number of Topliss-reactive ketones (excluding diaryl/α,β-unsaturated/α-hetero) is 1. The van der Waals surface area contributed by atoms with Crippen LogP contribution in [0.15, 0.2) is 54.1 Å². The van der Waals surface area contributed by atoms with E-state index in [-0.39, 0.29) is 11.3 Å². The molecule has 0 bridgehead atoms. The Labute approximate surface area is 240 Å². The number of nitrogens with zero attached hydrogens (tertiary/aromatic N) is 1. The number of hydrogen-bond acceptors (Lipinski definition) is 3. The zero-order valence-corrected chi connectivity index (χ0v) is 24.6. The maximum absolute atomic E-state index is 13.2. The van der Waals surface area contributed by atoms with Gasteiger partial charge in [-0.1, -0.05) is 144 Å². The molecule has 2 aromatic carbocycles. The molecule has 1 aliphatic heterocycles. The number of hydrogen-bond donors (Lipinski definition) is 1. The molecule has 1 aliphatic rings. The first-order valence-electron chi connectivity index (χ1n) is 15.0. The van der Waals surface area contributed by atoms with Gasteiger partial charge in [-0.25, -0.2) is 0 Å². The highest BCUT2D eigenvalue weighted by Gasteiger charge is 2.45. The Morgan fingerprint density at radius 3 is 1.74 bits per heavy atom. The van der Waals surface area contributed by atoms with Crippen LogP contribution in [0.25, 0.3) is 5.76 Å². The molecule has 0 saturated carbocycles. The minimum Gasteiger partial charge on any atom is -0.507 e. The topological polar surface area (TPSA) is 57.6 Å². The summed E-state index contributed by atoms with van der Waals surface area (Å²) in [6, 6.07) is 13.9. The number of halogens is 1. The van der Waals surface area contributed by atoms with Gasteiger partial charge >= 0.3 is 0 Å². The molecule has 1 unspecified atom stereocenters. The van der Waals surface area contributed by atoms with Crippen molar-refractivity contribution in [2.45, 2.75) is 110 Å². The van der Waals surface area contributed by atoms with Crippen LogP contribution in [0.4, 0.5) is 0 Å². The molecule has 0 spiro atoms. The van der Waals surface area contributed by atoms with E-state index in [1.165, 1.54) is 70.6 Å². The third kappa shape index (κ3) is 9.24. The Morgan fingerprint density at radius 2 is 1.23 bits per heavy atom. The summed E-state index contributed by atoms with van der Waals surface area (Å²) in [5, 5.41) is 11.7. The van der Waals surface area contributed by atoms with E-state index in [1.54, 1.807) is 29.2 Å². The third-order valence-electron chi connectivity index (χ3n) is 7.80. The number of aryl methyl sites for hydroxylation is 1. The first-order chi connectivity index (χ1) is 18.9. The van der Waals surface area contributed by atoms with Gasteiger partial charge in [0.2, 0.25) is 0 Å². The molecule has 39 heavy (non-hydrogen) atoms. The van der Waals surface area contributed by atoms with Crippen molar-refractivity contribution < 1.29 is 14.7 Å². The first-order valence-corrected chi connectivity index (χ1v) is 15.4. The molecule has 0 radical (unpaired) electrons. The van der Waals surface area contributed by atoms with E-state index in [4.69, 9.17) is 11.6 Å². The van der Waals surface area contributed by atoms with Gasteiger partial charge in [-0.15, -0.1) is 0 Å². The lowest BCUT2D eigenvalue weighted by molar-refractivity contribution is -0.139. The number of aliphatic hydroxyl groups excluding tert-OH is 1. The second kappa shape index (κ2) is 16.5. The lowest BCUT2D eigenvalue weighted by Crippen LogP contribution is -2.30. The molecule has 4 nitrogen and oxygen atoms in total. The Balaban J connectivity index is 1.52. The molecule has 1 fully saturated rings. The average molecular weight is 552 g/mol. The Kier molecular flexibility index (Phi) is 13.1. The lowest BCUT2D eigenvalue weighted by Gasteiger charge is -2.25. The van der Waals surface area contributed by atoms with Crippen molar-refractivity contribution in [3.63, 3.8) is 0 Å². The smallest absolute Gasteiger partial charge is 0.295 e. The van der Waals surface area contributed by atoms with E-state index >= 15 is 0 Å². The van der Waals surface area contributed by atoms with Crippen LogP contribution in [0.1, 0.15) is 120 Å². The van der Waals surface area contributed by atoms with Crippen LogP contribution in [0.5, 0.6) is 0 Å². The van der Waals surface area contributed by atoms with Crippen molar-refractivity contribution in [1.29, 1.82) is 0 Å². The number of rotatable bonds is 17. The number of amides is 1. The lowest BCUT2D eigenvalue weighted by atomic mass is 9.95. The van der Waals surface area contributed by atoms with Crippen LogP contribution in [-0.2, 0) is 9.59 Å². The van der Waals surface area contributed by atoms with E-state index in [0.717, 1.165) is 30.4 Å². The Bertz CT molecular complexity index is 1070. The van der Waals surface area contributed by atoms with Gasteiger partial charge < -0.3 is 10.0 Å². The second-order valence-corrected chi connectivity index (χ2v) is 11.4. The minimum atomic E-state index is -0.626. The van der Waals surface area contributed by atoms with Crippen LogP contribution in [-0.4, -0.2) is 28.2 Å². The van der Waals surface area contributed by atoms with Crippen molar-refractivity contribution in [2.75, 3.05) is 6.54 Å². The number of benzene rings is 2. The summed E-state index contributed by atoms with van der Waals surface area (Å²) in [5.41, 5.74) is 2.52. The summed E-state index contributed by atoms with van der Waals surface area (Å²) in [4.78, 5) is 27.9. The molecule has 0 aromatic heterocycles. The Hall–Kier alpha value is -2.59. The summed E-state index contributed by atoms with van der Waals surface area (Å²) in [6.45, 7) is 4.71. The van der Waals surface area contributed by atoms with Gasteiger partial charge in [-0.05, 0) is 31.0 Å². The maximum Gasteiger partial charge on any atom is 0.295 e. The molecule has 0 aliphatic carbocycles. The molecule has 3 rings (SSSR count). The van der Waals surface area contributed by atoms with Crippen molar-refractivity contribution in [1.82, 2.24) is 4.90 Å². The summed E-state index contributed by atoms with van der Waals surface area (Å²) in [5.74, 6) is -1.30. The molecule has 1 N–H and O–H groups in total. The van der Waals surface area contributed by atoms with Crippen LogP contribution in [0.3, 0.4) is 0 Å². The zero-order chi connectivity index (χ0) is 28.0. The number of unbranched alkanes of at least 4 members (excludes halogenated alkanes) is 13. The largest absolute Gasteiger partial charge is 0.507 e. The summed E-state index contributed by atoms with van der Waals surface area (Å²) >= 11 is 6.12. The van der Waals surface area contributed by atoms with Crippen LogP contribution < -0.4 is 0 Å². The highest BCUT2D eigenvalue weighted by Crippen LogP contribution is 2.40. The number of likely N-dealkylation sites (tertiary alicyclic amines) is 1. The molecular weight excluding hydrogens is 506 g/mol. The predicted molar refractivity (Wildman–Crippen MR) is 162 cm³/mol. The van der Waals surface area contributed by atoms with Crippen LogP contribution in [0, 0.1) is 6.92 Å². The van der Waals surface area contributed by atoms with Gasteiger partial charge in [0.05, 0.1) is 11.6 Å². The number of aliphatic hydroxyl groups is 1. The highest BCUT2D eigenvalue weighted by atomic mass is 35.5. The fraction of sp³-hybridized carbons (Fsp3) is 0.529. The maximum atomic E-state index is 13.2. The van der Waals surface area contributed by atoms with E-state index in [0.29, 0.717) is 17.1 Å². The molecule has 1 atom stereocenters. The summed E-state index contributed by atoms with van der Waals surface area (Å²) in [7, 11) is 0. The normalized spacial score (nSPS) is 16.8. The molecule has 212 valence electrons. The summed E-state index contributed by atoms with van der Waals surface area (Å²) < 4.78 is 0. The van der Waals surface area contributed by atoms with Gasteiger partial charge in [0.25, 0.3) is 11.7 Å². The minimum absolute atomic E-state index is 0.128. The standard InChI is InChI=1S/C34H46ClNO3/c1-3-4-5-6-7-8-9-10-11-12-13-14-15-16-25-36-31(27-21-23-29(35)24-22-27)30(33(38)34(36)39)32(37)28-19-17-26(2)18-20-28/h17-24,31,37H,3-16,25H2,1-2H3/b32-30-. The van der Waals surface area contributed by atoms with Crippen LogP contribution in [0.2, 0.25) is 5.02 Å². The highest BCUT2D eigenvalue weighted by molar-refractivity contribution is 6.46. The van der Waals surface area contributed by atoms with Crippen molar-refractivity contribution in [3.05, 3.63) is 75.8 Å². The fourth-order valence-electron chi connectivity index (χ4n) is 5.45.